The minimum absolute atomic E-state index is 0.141. The molecule has 0 fully saturated rings. The van der Waals surface area contributed by atoms with Crippen LogP contribution in [0.3, 0.4) is 0 Å². The monoisotopic (exact) mass is 179 g/mol. The lowest BCUT2D eigenvalue weighted by Gasteiger charge is -1.87. The first-order valence-electron chi connectivity index (χ1n) is 3.53. The van der Waals surface area contributed by atoms with Crippen LogP contribution in [-0.2, 0) is 0 Å². The highest BCUT2D eigenvalue weighted by molar-refractivity contribution is 6.11. The third-order valence-electron chi connectivity index (χ3n) is 1.74. The summed E-state index contributed by atoms with van der Waals surface area (Å²) in [6.07, 6.45) is 0. The van der Waals surface area contributed by atoms with Crippen LogP contribution in [0.4, 0.5) is 4.79 Å². The number of aromatic nitrogens is 2. The largest absolute Gasteiger partial charge is 0.476 e. The van der Waals surface area contributed by atoms with Crippen molar-refractivity contribution in [3.05, 3.63) is 17.5 Å². The molecule has 0 saturated heterocycles. The van der Waals surface area contributed by atoms with Gasteiger partial charge in [-0.3, -0.25) is 0 Å². The van der Waals surface area contributed by atoms with Crippen LogP contribution in [-0.4, -0.2) is 32.6 Å². The van der Waals surface area contributed by atoms with Crippen molar-refractivity contribution in [1.82, 2.24) is 9.78 Å². The van der Waals surface area contributed by atoms with E-state index in [1.54, 1.807) is 6.92 Å². The van der Waals surface area contributed by atoms with Gasteiger partial charge in [0, 0.05) is 6.07 Å². The van der Waals surface area contributed by atoms with Gasteiger partial charge < -0.3 is 5.11 Å². The van der Waals surface area contributed by atoms with Gasteiger partial charge >= 0.3 is 12.0 Å². The van der Waals surface area contributed by atoms with Crippen LogP contribution < -0.4 is 0 Å². The van der Waals surface area contributed by atoms with Crippen LogP contribution in [0, 0.1) is 0 Å². The second-order valence-corrected chi connectivity index (χ2v) is 2.61. The first-order chi connectivity index (χ1) is 6.09. The molecule has 0 aromatic carbocycles. The molecule has 0 radical (unpaired) electrons. The summed E-state index contributed by atoms with van der Waals surface area (Å²) in [5.41, 5.74) is 0.796. The molecule has 1 aliphatic heterocycles. The maximum atomic E-state index is 11.0. The Bertz CT molecular complexity index is 444. The number of amides is 1. The zero-order chi connectivity index (χ0) is 9.59. The fourth-order valence-electron chi connectivity index (χ4n) is 1.14. The molecule has 0 spiro atoms. The highest BCUT2D eigenvalue weighted by Gasteiger charge is 2.24. The van der Waals surface area contributed by atoms with Gasteiger partial charge in [-0.25, -0.2) is 9.59 Å². The molecule has 66 valence electrons. The van der Waals surface area contributed by atoms with E-state index in [1.807, 2.05) is 0 Å². The maximum Gasteiger partial charge on any atom is 0.369 e. The average molecular weight is 179 g/mol. The van der Waals surface area contributed by atoms with Crippen LogP contribution >= 0.6 is 0 Å². The van der Waals surface area contributed by atoms with Crippen molar-refractivity contribution in [3.8, 4) is 0 Å². The molecular formula is C7H5N3O3. The SMILES string of the molecule is CC1=NC(=O)n2nc(C(=O)O)cc21. The Morgan fingerprint density at radius 2 is 2.31 bits per heavy atom. The van der Waals surface area contributed by atoms with E-state index in [-0.39, 0.29) is 5.69 Å². The maximum absolute atomic E-state index is 11.0. The van der Waals surface area contributed by atoms with Crippen molar-refractivity contribution in [2.75, 3.05) is 0 Å². The number of nitrogens with zero attached hydrogens (tertiary/aromatic N) is 3. The molecule has 0 saturated carbocycles. The summed E-state index contributed by atoms with van der Waals surface area (Å²) in [5, 5.41) is 12.2. The van der Waals surface area contributed by atoms with Crippen LogP contribution in [0.25, 0.3) is 0 Å². The number of hydrogen-bond acceptors (Lipinski definition) is 3. The van der Waals surface area contributed by atoms with E-state index in [9.17, 15) is 9.59 Å². The Balaban J connectivity index is 2.60. The molecular weight excluding hydrogens is 174 g/mol. The predicted molar refractivity (Wildman–Crippen MR) is 42.2 cm³/mol. The van der Waals surface area contributed by atoms with Crippen molar-refractivity contribution in [3.63, 3.8) is 0 Å². The lowest BCUT2D eigenvalue weighted by molar-refractivity contribution is 0.0690. The number of carbonyl (C=O) groups is 2. The van der Waals surface area contributed by atoms with Gasteiger partial charge in [-0.1, -0.05) is 0 Å². The van der Waals surface area contributed by atoms with Crippen molar-refractivity contribution in [1.29, 1.82) is 0 Å². The fourth-order valence-corrected chi connectivity index (χ4v) is 1.14. The molecule has 0 bridgehead atoms. The van der Waals surface area contributed by atoms with Gasteiger partial charge in [-0.05, 0) is 6.92 Å². The minimum Gasteiger partial charge on any atom is -0.476 e. The number of aromatic carboxylic acids is 1. The zero-order valence-electron chi connectivity index (χ0n) is 6.68. The fraction of sp³-hybridized carbons (Fsp3) is 0.143. The summed E-state index contributed by atoms with van der Waals surface area (Å²) >= 11 is 0. The first-order valence-corrected chi connectivity index (χ1v) is 3.53. The molecule has 2 heterocycles. The normalized spacial score (nSPS) is 14.2. The number of carboxylic acid groups (broad SMARTS) is 1. The molecule has 2 rings (SSSR count). The summed E-state index contributed by atoms with van der Waals surface area (Å²) in [6, 6.07) is 0.784. The Labute approximate surface area is 72.5 Å². The standard InChI is InChI=1S/C7H5N3O3/c1-3-5-2-4(6(11)12)9-10(5)7(13)8-3/h2H,1H3,(H,11,12). The van der Waals surface area contributed by atoms with Crippen molar-refractivity contribution < 1.29 is 14.7 Å². The lowest BCUT2D eigenvalue weighted by atomic mass is 10.3. The number of fused-ring (bicyclic) bond motifs is 1. The molecule has 0 atom stereocenters. The van der Waals surface area contributed by atoms with Gasteiger partial charge in [-0.15, -0.1) is 0 Å². The third kappa shape index (κ3) is 0.952. The van der Waals surface area contributed by atoms with E-state index < -0.39 is 12.0 Å². The third-order valence-corrected chi connectivity index (χ3v) is 1.74. The number of carbonyl (C=O) groups excluding carboxylic acids is 1. The molecule has 6 nitrogen and oxygen atoms in total. The van der Waals surface area contributed by atoms with Crippen LogP contribution in [0.1, 0.15) is 23.1 Å². The molecule has 1 aromatic heterocycles. The second kappa shape index (κ2) is 2.25. The number of aliphatic imine (C=N–C) groups is 1. The van der Waals surface area contributed by atoms with E-state index in [1.165, 1.54) is 6.07 Å². The Morgan fingerprint density at radius 3 is 2.85 bits per heavy atom. The summed E-state index contributed by atoms with van der Waals surface area (Å²) in [7, 11) is 0. The van der Waals surface area contributed by atoms with Gasteiger partial charge in [-0.2, -0.15) is 14.8 Å². The molecule has 0 aliphatic carbocycles. The molecule has 0 unspecified atom stereocenters. The average Bonchev–Trinajstić information content (AvgIpc) is 2.55. The number of carboxylic acids is 1. The van der Waals surface area contributed by atoms with Crippen LogP contribution in [0.2, 0.25) is 0 Å². The highest BCUT2D eigenvalue weighted by Crippen LogP contribution is 2.12. The molecule has 1 amide bonds. The quantitative estimate of drug-likeness (QED) is 0.674. The number of hydrogen-bond donors (Lipinski definition) is 1. The summed E-state index contributed by atoms with van der Waals surface area (Å²) in [6.45, 7) is 1.63. The highest BCUT2D eigenvalue weighted by atomic mass is 16.4. The van der Waals surface area contributed by atoms with E-state index in [0.29, 0.717) is 11.4 Å². The summed E-state index contributed by atoms with van der Waals surface area (Å²) in [4.78, 5) is 25.1. The second-order valence-electron chi connectivity index (χ2n) is 2.61. The summed E-state index contributed by atoms with van der Waals surface area (Å²) < 4.78 is 0.985. The van der Waals surface area contributed by atoms with Crippen molar-refractivity contribution >= 4 is 17.7 Å². The van der Waals surface area contributed by atoms with Gasteiger partial charge in [0.25, 0.3) is 0 Å². The first kappa shape index (κ1) is 7.66. The van der Waals surface area contributed by atoms with Gasteiger partial charge in [0.2, 0.25) is 0 Å². The predicted octanol–water partition coefficient (Wildman–Crippen LogP) is 0.372. The number of rotatable bonds is 1. The Morgan fingerprint density at radius 1 is 1.62 bits per heavy atom. The zero-order valence-corrected chi connectivity index (χ0v) is 6.68. The smallest absolute Gasteiger partial charge is 0.369 e. The van der Waals surface area contributed by atoms with Crippen LogP contribution in [0.15, 0.2) is 11.1 Å². The molecule has 1 aliphatic rings. The molecule has 1 aromatic rings. The lowest BCUT2D eigenvalue weighted by Crippen LogP contribution is -2.07. The van der Waals surface area contributed by atoms with E-state index >= 15 is 0 Å². The molecule has 13 heavy (non-hydrogen) atoms. The van der Waals surface area contributed by atoms with E-state index in [4.69, 9.17) is 5.11 Å². The Kier molecular flexibility index (Phi) is 1.33. The summed E-state index contributed by atoms with van der Waals surface area (Å²) in [5.74, 6) is -1.15. The van der Waals surface area contributed by atoms with Crippen molar-refractivity contribution in [2.45, 2.75) is 6.92 Å². The topological polar surface area (TPSA) is 84.5 Å². The molecule has 6 heteroatoms. The van der Waals surface area contributed by atoms with Crippen LogP contribution in [0.5, 0.6) is 0 Å². The van der Waals surface area contributed by atoms with E-state index in [2.05, 4.69) is 10.1 Å². The Hall–Kier alpha value is -1.98. The van der Waals surface area contributed by atoms with Gasteiger partial charge in [0.05, 0.1) is 11.4 Å². The van der Waals surface area contributed by atoms with Gasteiger partial charge in [0.1, 0.15) is 0 Å². The van der Waals surface area contributed by atoms with Gasteiger partial charge in [0.15, 0.2) is 5.69 Å². The van der Waals surface area contributed by atoms with E-state index in [0.717, 1.165) is 4.68 Å². The minimum atomic E-state index is -1.15. The van der Waals surface area contributed by atoms with Crippen molar-refractivity contribution in [2.24, 2.45) is 4.99 Å². The molecule has 1 N–H and O–H groups in total.